The average molecular weight is 223 g/mol. The Morgan fingerprint density at radius 2 is 2.00 bits per heavy atom. The van der Waals surface area contributed by atoms with Crippen molar-refractivity contribution in [1.82, 2.24) is 14.0 Å². The number of aromatic nitrogens is 3. The van der Waals surface area contributed by atoms with Gasteiger partial charge in [-0.3, -0.25) is 9.81 Å². The van der Waals surface area contributed by atoms with Crippen LogP contribution in [-0.2, 0) is 7.05 Å². The molecule has 0 amide bonds. The lowest BCUT2D eigenvalue weighted by Gasteiger charge is -1.97. The number of fused-ring (bicyclic) bond motifs is 3. The Morgan fingerprint density at radius 3 is 2.71 bits per heavy atom. The van der Waals surface area contributed by atoms with Gasteiger partial charge in [-0.1, -0.05) is 12.1 Å². The van der Waals surface area contributed by atoms with Gasteiger partial charge in [0, 0.05) is 7.05 Å². The molecule has 0 aliphatic carbocycles. The molecule has 0 radical (unpaired) electrons. The third kappa shape index (κ3) is 1.12. The topological polar surface area (TPSA) is 69.9 Å². The zero-order valence-corrected chi connectivity index (χ0v) is 9.18. The number of aryl methyl sites for hydroxylation is 1. The first-order valence-electron chi connectivity index (χ1n) is 5.14. The molecule has 0 fully saturated rings. The van der Waals surface area contributed by atoms with Crippen LogP contribution in [0.15, 0.2) is 30.5 Å². The van der Waals surface area contributed by atoms with Gasteiger partial charge in [-0.25, -0.2) is 4.98 Å². The molecule has 0 bridgehead atoms. The standard InChI is InChI=1S/C12H9N5/c1-16-9-4-2-3-5-10(9)17-11(14)8(6-13)7-15-12(16)17/h2-5,7,14H,1H3. The monoisotopic (exact) mass is 223 g/mol. The highest BCUT2D eigenvalue weighted by Gasteiger charge is 2.10. The molecule has 0 saturated heterocycles. The molecule has 0 atom stereocenters. The molecule has 2 heterocycles. The summed E-state index contributed by atoms with van der Waals surface area (Å²) in [6.45, 7) is 0. The second-order valence-electron chi connectivity index (χ2n) is 3.82. The molecule has 0 aliphatic rings. The Kier molecular flexibility index (Phi) is 1.80. The van der Waals surface area contributed by atoms with Gasteiger partial charge >= 0.3 is 0 Å². The van der Waals surface area contributed by atoms with Gasteiger partial charge in [0.2, 0.25) is 5.78 Å². The van der Waals surface area contributed by atoms with Crippen LogP contribution in [0.2, 0.25) is 0 Å². The molecule has 82 valence electrons. The summed E-state index contributed by atoms with van der Waals surface area (Å²) in [6.07, 6.45) is 1.44. The maximum absolute atomic E-state index is 8.93. The summed E-state index contributed by atoms with van der Waals surface area (Å²) in [5.41, 5.74) is 2.33. The Labute approximate surface area is 96.7 Å². The van der Waals surface area contributed by atoms with Gasteiger partial charge in [0.15, 0.2) is 5.49 Å². The SMILES string of the molecule is Cn1c2ccccc2n2c(=N)c(C#N)cnc12. The van der Waals surface area contributed by atoms with E-state index in [1.165, 1.54) is 6.20 Å². The number of para-hydroxylation sites is 2. The number of nitriles is 1. The van der Waals surface area contributed by atoms with Crippen LogP contribution >= 0.6 is 0 Å². The Balaban J connectivity index is 2.70. The number of nitrogens with zero attached hydrogens (tertiary/aromatic N) is 4. The first-order chi connectivity index (χ1) is 8.24. The molecule has 0 saturated carbocycles. The summed E-state index contributed by atoms with van der Waals surface area (Å²) >= 11 is 0. The molecule has 1 N–H and O–H groups in total. The fourth-order valence-corrected chi connectivity index (χ4v) is 2.05. The third-order valence-corrected chi connectivity index (χ3v) is 2.89. The van der Waals surface area contributed by atoms with E-state index >= 15 is 0 Å². The van der Waals surface area contributed by atoms with Crippen LogP contribution < -0.4 is 5.49 Å². The molecule has 17 heavy (non-hydrogen) atoms. The van der Waals surface area contributed by atoms with Crippen LogP contribution in [0.1, 0.15) is 5.56 Å². The largest absolute Gasteiger partial charge is 0.313 e. The van der Waals surface area contributed by atoms with E-state index < -0.39 is 0 Å². The van der Waals surface area contributed by atoms with Crippen LogP contribution in [0, 0.1) is 16.7 Å². The third-order valence-electron chi connectivity index (χ3n) is 2.89. The predicted octanol–water partition coefficient (Wildman–Crippen LogP) is 1.18. The molecule has 0 unspecified atom stereocenters. The van der Waals surface area contributed by atoms with Gasteiger partial charge in [0.05, 0.1) is 17.2 Å². The van der Waals surface area contributed by atoms with Crippen LogP contribution in [0.3, 0.4) is 0 Å². The summed E-state index contributed by atoms with van der Waals surface area (Å²) in [5, 5.41) is 16.9. The van der Waals surface area contributed by atoms with E-state index in [1.807, 2.05) is 41.9 Å². The summed E-state index contributed by atoms with van der Waals surface area (Å²) in [4.78, 5) is 4.23. The number of rotatable bonds is 0. The van der Waals surface area contributed by atoms with E-state index in [4.69, 9.17) is 10.7 Å². The van der Waals surface area contributed by atoms with E-state index in [-0.39, 0.29) is 11.1 Å². The minimum atomic E-state index is 0.175. The smallest absolute Gasteiger partial charge is 0.216 e. The molecule has 2 aromatic heterocycles. The van der Waals surface area contributed by atoms with E-state index in [0.717, 1.165) is 11.0 Å². The van der Waals surface area contributed by atoms with E-state index in [2.05, 4.69) is 4.98 Å². The van der Waals surface area contributed by atoms with Gasteiger partial charge in [-0.2, -0.15) is 5.26 Å². The highest BCUT2D eigenvalue weighted by atomic mass is 15.2. The second kappa shape index (κ2) is 3.19. The number of benzene rings is 1. The van der Waals surface area contributed by atoms with E-state index in [1.54, 1.807) is 4.40 Å². The second-order valence-corrected chi connectivity index (χ2v) is 3.82. The van der Waals surface area contributed by atoms with Crippen molar-refractivity contribution >= 4 is 16.8 Å². The van der Waals surface area contributed by atoms with Crippen LogP contribution in [0.25, 0.3) is 16.8 Å². The first kappa shape index (κ1) is 9.60. The van der Waals surface area contributed by atoms with Crippen LogP contribution in [0.4, 0.5) is 0 Å². The molecule has 5 heteroatoms. The quantitative estimate of drug-likeness (QED) is 0.621. The molecule has 5 nitrogen and oxygen atoms in total. The van der Waals surface area contributed by atoms with Gasteiger partial charge in [-0.05, 0) is 12.1 Å². The summed E-state index contributed by atoms with van der Waals surface area (Å²) in [5.74, 6) is 0.662. The van der Waals surface area contributed by atoms with E-state index in [9.17, 15) is 0 Å². The number of nitrogens with one attached hydrogen (secondary N) is 1. The molecule has 1 aromatic carbocycles. The molecule has 0 spiro atoms. The molecular formula is C12H9N5. The maximum Gasteiger partial charge on any atom is 0.216 e. The van der Waals surface area contributed by atoms with Crippen LogP contribution in [-0.4, -0.2) is 14.0 Å². The van der Waals surface area contributed by atoms with Crippen molar-refractivity contribution in [1.29, 1.82) is 10.7 Å². The molecule has 3 rings (SSSR count). The normalized spacial score (nSPS) is 10.8. The number of hydrogen-bond acceptors (Lipinski definition) is 3. The highest BCUT2D eigenvalue weighted by Crippen LogP contribution is 2.16. The van der Waals surface area contributed by atoms with Crippen molar-refractivity contribution < 1.29 is 0 Å². The highest BCUT2D eigenvalue weighted by molar-refractivity contribution is 5.80. The Hall–Kier alpha value is -2.61. The Morgan fingerprint density at radius 1 is 1.29 bits per heavy atom. The summed E-state index contributed by atoms with van der Waals surface area (Å²) in [6, 6.07) is 9.72. The maximum atomic E-state index is 8.93. The summed E-state index contributed by atoms with van der Waals surface area (Å²) in [7, 11) is 1.90. The predicted molar refractivity (Wildman–Crippen MR) is 62.2 cm³/mol. The van der Waals surface area contributed by atoms with Gasteiger partial charge < -0.3 is 4.57 Å². The zero-order chi connectivity index (χ0) is 12.0. The van der Waals surface area contributed by atoms with Gasteiger partial charge in [0.1, 0.15) is 11.6 Å². The minimum absolute atomic E-state index is 0.175. The van der Waals surface area contributed by atoms with Crippen molar-refractivity contribution in [3.63, 3.8) is 0 Å². The average Bonchev–Trinajstić information content (AvgIpc) is 2.65. The van der Waals surface area contributed by atoms with Crippen molar-refractivity contribution in [2.75, 3.05) is 0 Å². The first-order valence-corrected chi connectivity index (χ1v) is 5.14. The van der Waals surface area contributed by atoms with Crippen molar-refractivity contribution in [3.8, 4) is 6.07 Å². The molecule has 3 aromatic rings. The van der Waals surface area contributed by atoms with Crippen molar-refractivity contribution in [3.05, 3.63) is 41.5 Å². The fourth-order valence-electron chi connectivity index (χ4n) is 2.05. The van der Waals surface area contributed by atoms with Crippen LogP contribution in [0.5, 0.6) is 0 Å². The number of hydrogen-bond donors (Lipinski definition) is 1. The van der Waals surface area contributed by atoms with E-state index in [0.29, 0.717) is 5.78 Å². The van der Waals surface area contributed by atoms with Crippen molar-refractivity contribution in [2.45, 2.75) is 0 Å². The zero-order valence-electron chi connectivity index (χ0n) is 9.18. The lowest BCUT2D eigenvalue weighted by molar-refractivity contribution is 0.911. The van der Waals surface area contributed by atoms with Gasteiger partial charge in [0.25, 0.3) is 0 Å². The lowest BCUT2D eigenvalue weighted by Crippen LogP contribution is -2.17. The van der Waals surface area contributed by atoms with Crippen molar-refractivity contribution in [2.24, 2.45) is 7.05 Å². The lowest BCUT2D eigenvalue weighted by atomic mass is 10.3. The number of imidazole rings is 1. The fraction of sp³-hybridized carbons (Fsp3) is 0.0833. The minimum Gasteiger partial charge on any atom is -0.313 e. The summed E-state index contributed by atoms with van der Waals surface area (Å²) < 4.78 is 3.60. The Bertz CT molecular complexity index is 832. The molecule has 0 aliphatic heterocycles. The van der Waals surface area contributed by atoms with Gasteiger partial charge in [-0.15, -0.1) is 0 Å². The molecular weight excluding hydrogens is 214 g/mol.